The first-order valence-electron chi connectivity index (χ1n) is 14.4. The SMILES string of the molecule is COC(=O)CCC(C)C1CCC2C3CCC4C[C@H](OC(=O)CNC(=O)CN)CC[C@]4(C)C3CC[C@]12C. The zero-order chi connectivity index (χ0) is 26.1. The summed E-state index contributed by atoms with van der Waals surface area (Å²) in [6.45, 7) is 7.23. The van der Waals surface area contributed by atoms with Gasteiger partial charge in [0, 0.05) is 6.42 Å². The summed E-state index contributed by atoms with van der Waals surface area (Å²) in [6.07, 6.45) is 12.2. The summed E-state index contributed by atoms with van der Waals surface area (Å²) in [5.74, 6) is 3.44. The molecule has 0 saturated heterocycles. The molecule has 7 nitrogen and oxygen atoms in total. The van der Waals surface area contributed by atoms with E-state index in [0.717, 1.165) is 43.4 Å². The number of rotatable bonds is 8. The third kappa shape index (κ3) is 5.19. The van der Waals surface area contributed by atoms with E-state index in [0.29, 0.717) is 35.0 Å². The van der Waals surface area contributed by atoms with Crippen LogP contribution in [-0.4, -0.2) is 44.1 Å². The zero-order valence-electron chi connectivity index (χ0n) is 22.9. The number of fused-ring (bicyclic) bond motifs is 5. The van der Waals surface area contributed by atoms with E-state index >= 15 is 0 Å². The van der Waals surface area contributed by atoms with Gasteiger partial charge in [0.05, 0.1) is 13.7 Å². The van der Waals surface area contributed by atoms with Crippen LogP contribution < -0.4 is 11.1 Å². The van der Waals surface area contributed by atoms with Crippen molar-refractivity contribution < 1.29 is 23.9 Å². The van der Waals surface area contributed by atoms with Crippen LogP contribution in [0, 0.1) is 46.3 Å². The second-order valence-electron chi connectivity index (χ2n) is 12.8. The van der Waals surface area contributed by atoms with Gasteiger partial charge in [0.25, 0.3) is 0 Å². The predicted molar refractivity (Wildman–Crippen MR) is 138 cm³/mol. The number of carbonyl (C=O) groups is 3. The van der Waals surface area contributed by atoms with Gasteiger partial charge in [-0.3, -0.25) is 14.4 Å². The molecule has 4 aliphatic carbocycles. The van der Waals surface area contributed by atoms with E-state index in [1.54, 1.807) is 0 Å². The molecule has 0 bridgehead atoms. The standard InChI is InChI=1S/C29H48N2O5/c1-18(5-10-26(33)35-4)22-8-9-23-21-7-6-19-15-20(36-27(34)17-31-25(32)16-30)11-13-28(19,2)24(21)12-14-29(22,23)3/h18-24H,5-17,30H2,1-4H3,(H,31,32)/t18?,19?,20-,21?,22?,23?,24?,28+,29-/m1/s1. The number of esters is 2. The van der Waals surface area contributed by atoms with Gasteiger partial charge in [-0.15, -0.1) is 0 Å². The van der Waals surface area contributed by atoms with Crippen molar-refractivity contribution in [3.8, 4) is 0 Å². The molecule has 0 aromatic carbocycles. The Hall–Kier alpha value is -1.63. The number of hydrogen-bond acceptors (Lipinski definition) is 6. The molecule has 7 heteroatoms. The van der Waals surface area contributed by atoms with Crippen LogP contribution >= 0.6 is 0 Å². The molecule has 204 valence electrons. The average Bonchev–Trinajstić information content (AvgIpc) is 3.23. The van der Waals surface area contributed by atoms with Gasteiger partial charge in [0.2, 0.25) is 5.91 Å². The lowest BCUT2D eigenvalue weighted by atomic mass is 9.44. The highest BCUT2D eigenvalue weighted by Crippen LogP contribution is 2.68. The predicted octanol–water partition coefficient (Wildman–Crippen LogP) is 4.22. The monoisotopic (exact) mass is 504 g/mol. The smallest absolute Gasteiger partial charge is 0.325 e. The van der Waals surface area contributed by atoms with Crippen LogP contribution in [0.25, 0.3) is 0 Å². The van der Waals surface area contributed by atoms with Crippen molar-refractivity contribution in [3.05, 3.63) is 0 Å². The minimum absolute atomic E-state index is 0.0396. The molecule has 0 aromatic heterocycles. The average molecular weight is 505 g/mol. The highest BCUT2D eigenvalue weighted by molar-refractivity contribution is 5.83. The van der Waals surface area contributed by atoms with E-state index in [4.69, 9.17) is 15.2 Å². The second kappa shape index (κ2) is 11.0. The van der Waals surface area contributed by atoms with Crippen molar-refractivity contribution in [1.82, 2.24) is 5.32 Å². The van der Waals surface area contributed by atoms with Crippen LogP contribution in [0.4, 0.5) is 0 Å². The van der Waals surface area contributed by atoms with Crippen molar-refractivity contribution >= 4 is 17.8 Å². The molecule has 4 fully saturated rings. The Labute approximate surface area is 217 Å². The molecule has 4 rings (SSSR count). The Balaban J connectivity index is 1.36. The van der Waals surface area contributed by atoms with Crippen molar-refractivity contribution in [1.29, 1.82) is 0 Å². The Kier molecular flexibility index (Phi) is 8.38. The van der Waals surface area contributed by atoms with Crippen LogP contribution in [0.1, 0.15) is 91.4 Å². The first kappa shape index (κ1) is 27.4. The maximum absolute atomic E-state index is 12.2. The van der Waals surface area contributed by atoms with E-state index in [9.17, 15) is 14.4 Å². The summed E-state index contributed by atoms with van der Waals surface area (Å²) in [5, 5.41) is 2.51. The van der Waals surface area contributed by atoms with Gasteiger partial charge in [0.1, 0.15) is 12.6 Å². The van der Waals surface area contributed by atoms with Gasteiger partial charge in [-0.2, -0.15) is 0 Å². The second-order valence-corrected chi connectivity index (χ2v) is 12.8. The van der Waals surface area contributed by atoms with Crippen molar-refractivity contribution in [2.45, 2.75) is 97.5 Å². The Morgan fingerprint density at radius 3 is 2.42 bits per heavy atom. The van der Waals surface area contributed by atoms with Gasteiger partial charge in [-0.25, -0.2) is 0 Å². The fourth-order valence-corrected chi connectivity index (χ4v) is 9.42. The largest absolute Gasteiger partial charge is 0.469 e. The van der Waals surface area contributed by atoms with Gasteiger partial charge in [0.15, 0.2) is 0 Å². The summed E-state index contributed by atoms with van der Waals surface area (Å²) in [5.41, 5.74) is 6.01. The fourth-order valence-electron chi connectivity index (χ4n) is 9.42. The zero-order valence-corrected chi connectivity index (χ0v) is 22.9. The van der Waals surface area contributed by atoms with Gasteiger partial charge in [-0.05, 0) is 111 Å². The lowest BCUT2D eigenvalue weighted by Gasteiger charge is -2.61. The summed E-state index contributed by atoms with van der Waals surface area (Å²) < 4.78 is 10.7. The Bertz CT molecular complexity index is 832. The van der Waals surface area contributed by atoms with Gasteiger partial charge >= 0.3 is 11.9 Å². The van der Waals surface area contributed by atoms with E-state index < -0.39 is 0 Å². The number of carbonyl (C=O) groups excluding carboxylic acids is 3. The van der Waals surface area contributed by atoms with Gasteiger partial charge in [-0.1, -0.05) is 20.8 Å². The van der Waals surface area contributed by atoms with Crippen LogP contribution in [0.2, 0.25) is 0 Å². The molecule has 0 radical (unpaired) electrons. The quantitative estimate of drug-likeness (QED) is 0.479. The number of nitrogens with two attached hydrogens (primary N) is 1. The molecule has 6 unspecified atom stereocenters. The molecule has 0 aromatic rings. The minimum Gasteiger partial charge on any atom is -0.469 e. The van der Waals surface area contributed by atoms with Crippen LogP contribution in [0.5, 0.6) is 0 Å². The van der Waals surface area contributed by atoms with Crippen molar-refractivity contribution in [2.24, 2.45) is 52.1 Å². The number of ether oxygens (including phenoxy) is 2. The molecule has 1 amide bonds. The summed E-state index contributed by atoms with van der Waals surface area (Å²) in [4.78, 5) is 35.3. The molecule has 0 spiro atoms. The first-order chi connectivity index (χ1) is 17.1. The molecule has 36 heavy (non-hydrogen) atoms. The molecule has 3 N–H and O–H groups in total. The number of nitrogens with one attached hydrogen (secondary N) is 1. The summed E-state index contributed by atoms with van der Waals surface area (Å²) >= 11 is 0. The third-order valence-electron chi connectivity index (χ3n) is 11.3. The van der Waals surface area contributed by atoms with Gasteiger partial charge < -0.3 is 20.5 Å². The van der Waals surface area contributed by atoms with Crippen LogP contribution in [0.15, 0.2) is 0 Å². The maximum Gasteiger partial charge on any atom is 0.325 e. The summed E-state index contributed by atoms with van der Waals surface area (Å²) in [6, 6.07) is 0. The van der Waals surface area contributed by atoms with Crippen molar-refractivity contribution in [3.63, 3.8) is 0 Å². The molecule has 0 aliphatic heterocycles. The molecular weight excluding hydrogens is 456 g/mol. The molecule has 0 heterocycles. The lowest BCUT2D eigenvalue weighted by Crippen LogP contribution is -2.54. The molecule has 9 atom stereocenters. The molecular formula is C29H48N2O5. The molecule has 4 aliphatic rings. The topological polar surface area (TPSA) is 108 Å². The van der Waals surface area contributed by atoms with Crippen molar-refractivity contribution in [2.75, 3.05) is 20.2 Å². The fraction of sp³-hybridized carbons (Fsp3) is 0.897. The third-order valence-corrected chi connectivity index (χ3v) is 11.3. The van der Waals surface area contributed by atoms with E-state index in [1.807, 2.05) is 0 Å². The lowest BCUT2D eigenvalue weighted by molar-refractivity contribution is -0.162. The van der Waals surface area contributed by atoms with Crippen LogP contribution in [0.3, 0.4) is 0 Å². The highest BCUT2D eigenvalue weighted by atomic mass is 16.5. The van der Waals surface area contributed by atoms with E-state index in [-0.39, 0.29) is 37.0 Å². The maximum atomic E-state index is 12.2. The normalized spacial score (nSPS) is 40.2. The first-order valence-corrected chi connectivity index (χ1v) is 14.4. The molecule has 4 saturated carbocycles. The van der Waals surface area contributed by atoms with E-state index in [1.165, 1.54) is 45.6 Å². The van der Waals surface area contributed by atoms with E-state index in [2.05, 4.69) is 26.1 Å². The number of amides is 1. The Morgan fingerprint density at radius 2 is 1.69 bits per heavy atom. The van der Waals surface area contributed by atoms with Crippen LogP contribution in [-0.2, 0) is 23.9 Å². The minimum atomic E-state index is -0.356. The Morgan fingerprint density at radius 1 is 0.972 bits per heavy atom. The highest BCUT2D eigenvalue weighted by Gasteiger charge is 2.60. The number of methoxy groups -OCH3 is 1. The summed E-state index contributed by atoms with van der Waals surface area (Å²) in [7, 11) is 1.48. The number of hydrogen-bond donors (Lipinski definition) is 2.